The fourth-order valence-electron chi connectivity index (χ4n) is 2.07. The second-order valence-corrected chi connectivity index (χ2v) is 5.52. The minimum atomic E-state index is -0.244. The lowest BCUT2D eigenvalue weighted by Gasteiger charge is -2.16. The summed E-state index contributed by atoms with van der Waals surface area (Å²) in [6.45, 7) is 0. The molecule has 0 aliphatic carbocycles. The summed E-state index contributed by atoms with van der Waals surface area (Å²) >= 11 is 3.38. The Balaban J connectivity index is 1.95. The van der Waals surface area contributed by atoms with Gasteiger partial charge in [0.05, 0.1) is 0 Å². The van der Waals surface area contributed by atoms with Crippen LogP contribution < -0.4 is 11.3 Å². The van der Waals surface area contributed by atoms with Gasteiger partial charge in [-0.1, -0.05) is 28.1 Å². The lowest BCUT2D eigenvalue weighted by atomic mass is 10.0. The molecule has 1 aromatic carbocycles. The molecule has 5 heteroatoms. The van der Waals surface area contributed by atoms with E-state index in [2.05, 4.69) is 26.3 Å². The van der Waals surface area contributed by atoms with E-state index in [0.717, 1.165) is 35.0 Å². The predicted octanol–water partition coefficient (Wildman–Crippen LogP) is 2.99. The van der Waals surface area contributed by atoms with Gasteiger partial charge in [-0.3, -0.25) is 16.3 Å². The van der Waals surface area contributed by atoms with Gasteiger partial charge in [-0.25, -0.2) is 4.39 Å². The van der Waals surface area contributed by atoms with Crippen LogP contribution in [0, 0.1) is 5.82 Å². The molecule has 0 fully saturated rings. The zero-order chi connectivity index (χ0) is 14.4. The number of hydrogen-bond donors (Lipinski definition) is 2. The highest BCUT2D eigenvalue weighted by atomic mass is 79.9. The second-order valence-electron chi connectivity index (χ2n) is 4.66. The molecule has 3 nitrogen and oxygen atoms in total. The molecule has 1 atom stereocenters. The number of nitrogens with two attached hydrogens (primary N) is 1. The molecule has 0 aliphatic rings. The maximum absolute atomic E-state index is 13.1. The number of benzene rings is 1. The van der Waals surface area contributed by atoms with Crippen LogP contribution in [0.25, 0.3) is 0 Å². The second kappa shape index (κ2) is 7.47. The highest BCUT2D eigenvalue weighted by molar-refractivity contribution is 9.10. The molecule has 0 amide bonds. The van der Waals surface area contributed by atoms with Crippen LogP contribution in [0.15, 0.2) is 47.1 Å². The molecule has 2 aromatic rings. The Kier molecular flexibility index (Phi) is 5.64. The van der Waals surface area contributed by atoms with Crippen LogP contribution in [0.3, 0.4) is 0 Å². The van der Waals surface area contributed by atoms with Crippen molar-refractivity contribution < 1.29 is 4.39 Å². The number of aryl methyl sites for hydroxylation is 1. The van der Waals surface area contributed by atoms with E-state index >= 15 is 0 Å². The van der Waals surface area contributed by atoms with Crippen molar-refractivity contribution in [3.8, 4) is 0 Å². The van der Waals surface area contributed by atoms with E-state index in [-0.39, 0.29) is 11.9 Å². The van der Waals surface area contributed by atoms with Crippen LogP contribution in [0.2, 0.25) is 0 Å². The van der Waals surface area contributed by atoms with Gasteiger partial charge < -0.3 is 0 Å². The molecule has 3 N–H and O–H groups in total. The number of aromatic nitrogens is 1. The molecule has 0 bridgehead atoms. The molecule has 0 saturated heterocycles. The van der Waals surface area contributed by atoms with Crippen molar-refractivity contribution in [1.82, 2.24) is 10.4 Å². The summed E-state index contributed by atoms with van der Waals surface area (Å²) in [5, 5.41) is 0. The summed E-state index contributed by atoms with van der Waals surface area (Å²) in [6.07, 6.45) is 4.26. The van der Waals surface area contributed by atoms with Gasteiger partial charge in [0, 0.05) is 22.4 Å². The zero-order valence-corrected chi connectivity index (χ0v) is 12.6. The first-order valence-corrected chi connectivity index (χ1v) is 7.28. The lowest BCUT2D eigenvalue weighted by Crippen LogP contribution is -2.37. The van der Waals surface area contributed by atoms with Gasteiger partial charge in [0.25, 0.3) is 0 Å². The van der Waals surface area contributed by atoms with Crippen LogP contribution >= 0.6 is 15.9 Å². The Labute approximate surface area is 126 Å². The van der Waals surface area contributed by atoms with E-state index in [1.807, 2.05) is 18.2 Å². The fourth-order valence-corrected chi connectivity index (χ4v) is 2.58. The van der Waals surface area contributed by atoms with Crippen molar-refractivity contribution >= 4 is 15.9 Å². The first-order chi connectivity index (χ1) is 9.69. The first kappa shape index (κ1) is 15.1. The predicted molar refractivity (Wildman–Crippen MR) is 81.5 cm³/mol. The van der Waals surface area contributed by atoms with Crippen molar-refractivity contribution in [2.45, 2.75) is 25.3 Å². The maximum atomic E-state index is 13.1. The smallest absolute Gasteiger partial charge is 0.124 e. The number of hydrazine groups is 1. The van der Waals surface area contributed by atoms with E-state index in [1.54, 1.807) is 12.3 Å². The quantitative estimate of drug-likeness (QED) is 0.629. The molecule has 1 aromatic heterocycles. The SMILES string of the molecule is NNC(CCc1ccccn1)Cc1ccc(F)cc1Br. The van der Waals surface area contributed by atoms with Crippen LogP contribution in [0.1, 0.15) is 17.7 Å². The van der Waals surface area contributed by atoms with E-state index in [4.69, 9.17) is 5.84 Å². The number of nitrogens with zero attached hydrogens (tertiary/aromatic N) is 1. The average Bonchev–Trinajstić information content (AvgIpc) is 2.46. The molecule has 20 heavy (non-hydrogen) atoms. The first-order valence-electron chi connectivity index (χ1n) is 6.49. The molecule has 1 heterocycles. The van der Waals surface area contributed by atoms with Gasteiger partial charge in [0.15, 0.2) is 0 Å². The normalized spacial score (nSPS) is 12.3. The Bertz CT molecular complexity index is 548. The minimum absolute atomic E-state index is 0.124. The Hall–Kier alpha value is -1.30. The van der Waals surface area contributed by atoms with Crippen LogP contribution in [0.5, 0.6) is 0 Å². The molecule has 0 saturated carbocycles. The number of halogens is 2. The van der Waals surface area contributed by atoms with Gasteiger partial charge in [0.1, 0.15) is 5.82 Å². The number of nitrogens with one attached hydrogen (secondary N) is 1. The maximum Gasteiger partial charge on any atom is 0.124 e. The largest absolute Gasteiger partial charge is 0.271 e. The summed E-state index contributed by atoms with van der Waals surface area (Å²) in [5.74, 6) is 5.36. The van der Waals surface area contributed by atoms with Gasteiger partial charge in [0.2, 0.25) is 0 Å². The van der Waals surface area contributed by atoms with E-state index in [1.165, 1.54) is 12.1 Å². The Morgan fingerprint density at radius 1 is 1.30 bits per heavy atom. The standard InChI is InChI=1S/C15H17BrFN3/c16-15-10-12(17)5-4-11(15)9-14(20-18)7-6-13-3-1-2-8-19-13/h1-5,8,10,14,20H,6-7,9,18H2. The van der Waals surface area contributed by atoms with Crippen molar-refractivity contribution in [1.29, 1.82) is 0 Å². The average molecular weight is 338 g/mol. The summed E-state index contributed by atoms with van der Waals surface area (Å²) in [7, 11) is 0. The van der Waals surface area contributed by atoms with E-state index < -0.39 is 0 Å². The van der Waals surface area contributed by atoms with Crippen LogP contribution in [-0.2, 0) is 12.8 Å². The highest BCUT2D eigenvalue weighted by Crippen LogP contribution is 2.20. The summed E-state index contributed by atoms with van der Waals surface area (Å²) in [6, 6.07) is 10.7. The highest BCUT2D eigenvalue weighted by Gasteiger charge is 2.11. The number of rotatable bonds is 6. The molecule has 0 radical (unpaired) electrons. The van der Waals surface area contributed by atoms with E-state index in [0.29, 0.717) is 0 Å². The summed E-state index contributed by atoms with van der Waals surface area (Å²) in [4.78, 5) is 4.29. The van der Waals surface area contributed by atoms with Gasteiger partial charge >= 0.3 is 0 Å². The monoisotopic (exact) mass is 337 g/mol. The molecule has 2 rings (SSSR count). The third-order valence-electron chi connectivity index (χ3n) is 3.19. The third kappa shape index (κ3) is 4.37. The molecular formula is C15H17BrFN3. The summed E-state index contributed by atoms with van der Waals surface area (Å²) < 4.78 is 13.8. The lowest BCUT2D eigenvalue weighted by molar-refractivity contribution is 0.488. The third-order valence-corrected chi connectivity index (χ3v) is 3.93. The van der Waals surface area contributed by atoms with Crippen LogP contribution in [-0.4, -0.2) is 11.0 Å². The van der Waals surface area contributed by atoms with Gasteiger partial charge in [-0.15, -0.1) is 0 Å². The number of pyridine rings is 1. The number of hydrogen-bond acceptors (Lipinski definition) is 3. The van der Waals surface area contributed by atoms with Gasteiger partial charge in [-0.05, 0) is 49.1 Å². The Morgan fingerprint density at radius 2 is 2.15 bits per heavy atom. The van der Waals surface area contributed by atoms with Gasteiger partial charge in [-0.2, -0.15) is 0 Å². The van der Waals surface area contributed by atoms with Crippen molar-refractivity contribution in [3.05, 3.63) is 64.1 Å². The topological polar surface area (TPSA) is 50.9 Å². The molecule has 1 unspecified atom stereocenters. The zero-order valence-electron chi connectivity index (χ0n) is 11.0. The fraction of sp³-hybridized carbons (Fsp3) is 0.267. The van der Waals surface area contributed by atoms with Crippen molar-refractivity contribution in [3.63, 3.8) is 0 Å². The van der Waals surface area contributed by atoms with E-state index in [9.17, 15) is 4.39 Å². The van der Waals surface area contributed by atoms with Crippen molar-refractivity contribution in [2.75, 3.05) is 0 Å². The molecule has 0 spiro atoms. The molecule has 0 aliphatic heterocycles. The Morgan fingerprint density at radius 3 is 2.80 bits per heavy atom. The summed E-state index contributed by atoms with van der Waals surface area (Å²) in [5.41, 5.74) is 4.90. The minimum Gasteiger partial charge on any atom is -0.271 e. The molecule has 106 valence electrons. The molecular weight excluding hydrogens is 321 g/mol. The van der Waals surface area contributed by atoms with Crippen molar-refractivity contribution in [2.24, 2.45) is 5.84 Å². The van der Waals surface area contributed by atoms with Crippen LogP contribution in [0.4, 0.5) is 4.39 Å².